The van der Waals surface area contributed by atoms with E-state index in [4.69, 9.17) is 5.73 Å². The highest BCUT2D eigenvalue weighted by Gasteiger charge is 2.29. The van der Waals surface area contributed by atoms with Gasteiger partial charge in [0.05, 0.1) is 5.60 Å². The van der Waals surface area contributed by atoms with Crippen LogP contribution < -0.4 is 5.73 Å². The Morgan fingerprint density at radius 3 is 2.60 bits per heavy atom. The Morgan fingerprint density at radius 1 is 1.20 bits per heavy atom. The summed E-state index contributed by atoms with van der Waals surface area (Å²) in [6, 6.07) is 7.85. The molecule has 0 aromatic heterocycles. The molecule has 0 saturated heterocycles. The van der Waals surface area contributed by atoms with Crippen molar-refractivity contribution in [2.45, 2.75) is 44.1 Å². The van der Waals surface area contributed by atoms with Gasteiger partial charge in [-0.25, -0.2) is 0 Å². The van der Waals surface area contributed by atoms with E-state index in [1.54, 1.807) is 0 Å². The van der Waals surface area contributed by atoms with Crippen LogP contribution in [0.1, 0.15) is 37.7 Å². The van der Waals surface area contributed by atoms with Gasteiger partial charge in [-0.05, 0) is 30.5 Å². The van der Waals surface area contributed by atoms with Gasteiger partial charge in [-0.15, -0.1) is 0 Å². The lowest BCUT2D eigenvalue weighted by Gasteiger charge is -2.32. The molecule has 2 nitrogen and oxygen atoms in total. The molecule has 0 heterocycles. The third kappa shape index (κ3) is 2.72. The van der Waals surface area contributed by atoms with Gasteiger partial charge in [0.25, 0.3) is 0 Å². The predicted octanol–water partition coefficient (Wildman–Crippen LogP) is 2.51. The van der Waals surface area contributed by atoms with Crippen molar-refractivity contribution >= 4 is 5.69 Å². The van der Waals surface area contributed by atoms with Crippen LogP contribution in [0.15, 0.2) is 24.3 Å². The monoisotopic (exact) mass is 205 g/mol. The first kappa shape index (κ1) is 10.5. The van der Waals surface area contributed by atoms with Crippen LogP contribution in [0.3, 0.4) is 0 Å². The first-order valence-electron chi connectivity index (χ1n) is 5.75. The van der Waals surface area contributed by atoms with Crippen molar-refractivity contribution in [3.63, 3.8) is 0 Å². The third-order valence-corrected chi connectivity index (χ3v) is 3.27. The van der Waals surface area contributed by atoms with Crippen LogP contribution in [-0.4, -0.2) is 10.7 Å². The minimum Gasteiger partial charge on any atom is -0.399 e. The molecule has 0 unspecified atom stereocenters. The lowest BCUT2D eigenvalue weighted by atomic mass is 9.80. The number of hydrogen-bond donors (Lipinski definition) is 2. The Morgan fingerprint density at radius 2 is 1.93 bits per heavy atom. The molecule has 2 rings (SSSR count). The minimum atomic E-state index is -0.480. The molecular weight excluding hydrogens is 186 g/mol. The van der Waals surface area contributed by atoms with Gasteiger partial charge in [-0.2, -0.15) is 0 Å². The van der Waals surface area contributed by atoms with Gasteiger partial charge in [0.15, 0.2) is 0 Å². The number of anilines is 1. The highest BCUT2D eigenvalue weighted by Crippen LogP contribution is 2.31. The fourth-order valence-corrected chi connectivity index (χ4v) is 2.47. The number of aliphatic hydroxyl groups is 1. The maximum atomic E-state index is 10.4. The number of rotatable bonds is 2. The maximum Gasteiger partial charge on any atom is 0.0688 e. The summed E-state index contributed by atoms with van der Waals surface area (Å²) in [5.74, 6) is 0. The Labute approximate surface area is 91.1 Å². The Bertz CT molecular complexity index is 329. The standard InChI is InChI=1S/C13H19NO/c14-12-6-4-5-11(9-12)10-13(15)7-2-1-3-8-13/h4-6,9,15H,1-3,7-8,10,14H2. The molecule has 1 saturated carbocycles. The average molecular weight is 205 g/mol. The number of benzene rings is 1. The summed E-state index contributed by atoms with van der Waals surface area (Å²) in [6.07, 6.45) is 6.18. The molecule has 0 spiro atoms. The highest BCUT2D eigenvalue weighted by molar-refractivity contribution is 5.41. The lowest BCUT2D eigenvalue weighted by molar-refractivity contribution is 0.00451. The number of nitrogen functional groups attached to an aromatic ring is 1. The third-order valence-electron chi connectivity index (χ3n) is 3.27. The van der Waals surface area contributed by atoms with Crippen molar-refractivity contribution in [3.8, 4) is 0 Å². The second kappa shape index (κ2) is 4.23. The fourth-order valence-electron chi connectivity index (χ4n) is 2.47. The zero-order valence-electron chi connectivity index (χ0n) is 9.08. The minimum absolute atomic E-state index is 0.480. The van der Waals surface area contributed by atoms with Gasteiger partial charge < -0.3 is 10.8 Å². The molecular formula is C13H19NO. The van der Waals surface area contributed by atoms with Crippen molar-refractivity contribution in [2.24, 2.45) is 0 Å². The molecule has 0 amide bonds. The molecule has 0 radical (unpaired) electrons. The van der Waals surface area contributed by atoms with Crippen molar-refractivity contribution in [2.75, 3.05) is 5.73 Å². The molecule has 15 heavy (non-hydrogen) atoms. The first-order chi connectivity index (χ1) is 7.18. The SMILES string of the molecule is Nc1cccc(CC2(O)CCCCC2)c1. The maximum absolute atomic E-state index is 10.4. The summed E-state index contributed by atoms with van der Waals surface area (Å²) in [7, 11) is 0. The summed E-state index contributed by atoms with van der Waals surface area (Å²) in [5, 5.41) is 10.4. The molecule has 1 aromatic rings. The molecule has 3 N–H and O–H groups in total. The van der Waals surface area contributed by atoms with Gasteiger partial charge in [0, 0.05) is 12.1 Å². The zero-order chi connectivity index (χ0) is 10.7. The first-order valence-corrected chi connectivity index (χ1v) is 5.75. The van der Waals surface area contributed by atoms with E-state index in [1.165, 1.54) is 6.42 Å². The number of nitrogens with two attached hydrogens (primary N) is 1. The van der Waals surface area contributed by atoms with Gasteiger partial charge in [0.1, 0.15) is 0 Å². The van der Waals surface area contributed by atoms with Crippen LogP contribution in [0.2, 0.25) is 0 Å². The van der Waals surface area contributed by atoms with E-state index < -0.39 is 5.60 Å². The Hall–Kier alpha value is -1.02. The highest BCUT2D eigenvalue weighted by atomic mass is 16.3. The normalized spacial score (nSPS) is 20.1. The molecule has 0 aliphatic heterocycles. The quantitative estimate of drug-likeness (QED) is 0.729. The van der Waals surface area contributed by atoms with Gasteiger partial charge in [-0.1, -0.05) is 31.4 Å². The second-order valence-electron chi connectivity index (χ2n) is 4.71. The van der Waals surface area contributed by atoms with Crippen molar-refractivity contribution in [1.82, 2.24) is 0 Å². The summed E-state index contributed by atoms with van der Waals surface area (Å²) in [6.45, 7) is 0. The summed E-state index contributed by atoms with van der Waals surface area (Å²) < 4.78 is 0. The van der Waals surface area contributed by atoms with E-state index in [0.717, 1.165) is 43.4 Å². The van der Waals surface area contributed by atoms with Crippen LogP contribution in [0.4, 0.5) is 5.69 Å². The molecule has 1 fully saturated rings. The van der Waals surface area contributed by atoms with Crippen LogP contribution in [0.25, 0.3) is 0 Å². The topological polar surface area (TPSA) is 46.2 Å². The van der Waals surface area contributed by atoms with Gasteiger partial charge in [-0.3, -0.25) is 0 Å². The van der Waals surface area contributed by atoms with Gasteiger partial charge in [0.2, 0.25) is 0 Å². The smallest absolute Gasteiger partial charge is 0.0688 e. The molecule has 1 aliphatic rings. The van der Waals surface area contributed by atoms with Crippen molar-refractivity contribution in [1.29, 1.82) is 0 Å². The molecule has 82 valence electrons. The van der Waals surface area contributed by atoms with E-state index >= 15 is 0 Å². The predicted molar refractivity (Wildman–Crippen MR) is 62.6 cm³/mol. The van der Waals surface area contributed by atoms with Crippen LogP contribution in [0.5, 0.6) is 0 Å². The van der Waals surface area contributed by atoms with Crippen molar-refractivity contribution < 1.29 is 5.11 Å². The van der Waals surface area contributed by atoms with E-state index in [1.807, 2.05) is 24.3 Å². The van der Waals surface area contributed by atoms with E-state index in [2.05, 4.69) is 0 Å². The van der Waals surface area contributed by atoms with Crippen LogP contribution in [0, 0.1) is 0 Å². The van der Waals surface area contributed by atoms with Gasteiger partial charge >= 0.3 is 0 Å². The lowest BCUT2D eigenvalue weighted by Crippen LogP contribution is -2.33. The number of hydrogen-bond acceptors (Lipinski definition) is 2. The zero-order valence-corrected chi connectivity index (χ0v) is 9.08. The molecule has 1 aliphatic carbocycles. The molecule has 1 aromatic carbocycles. The van der Waals surface area contributed by atoms with Crippen molar-refractivity contribution in [3.05, 3.63) is 29.8 Å². The van der Waals surface area contributed by atoms with Crippen LogP contribution >= 0.6 is 0 Å². The molecule has 0 atom stereocenters. The van der Waals surface area contributed by atoms with E-state index in [-0.39, 0.29) is 0 Å². The summed E-state index contributed by atoms with van der Waals surface area (Å²) in [4.78, 5) is 0. The second-order valence-corrected chi connectivity index (χ2v) is 4.71. The molecule has 2 heteroatoms. The summed E-state index contributed by atoms with van der Waals surface area (Å²) in [5.41, 5.74) is 7.18. The van der Waals surface area contributed by atoms with Crippen LogP contribution in [-0.2, 0) is 6.42 Å². The summed E-state index contributed by atoms with van der Waals surface area (Å²) >= 11 is 0. The Kier molecular flexibility index (Phi) is 2.96. The van der Waals surface area contributed by atoms with E-state index in [0.29, 0.717) is 0 Å². The largest absolute Gasteiger partial charge is 0.399 e. The average Bonchev–Trinajstić information content (AvgIpc) is 2.18. The molecule has 0 bridgehead atoms. The Balaban J connectivity index is 2.06. The van der Waals surface area contributed by atoms with E-state index in [9.17, 15) is 5.11 Å². The fraction of sp³-hybridized carbons (Fsp3) is 0.538.